The van der Waals surface area contributed by atoms with E-state index in [4.69, 9.17) is 16.3 Å². The molecule has 1 amide bonds. The second-order valence-corrected chi connectivity index (χ2v) is 8.22. The van der Waals surface area contributed by atoms with E-state index in [0.717, 1.165) is 46.6 Å². The van der Waals surface area contributed by atoms with Crippen molar-refractivity contribution in [2.45, 2.75) is 32.4 Å². The normalized spacial score (nSPS) is 16.4. The number of nitrogens with one attached hydrogen (secondary N) is 2. The van der Waals surface area contributed by atoms with Crippen LogP contribution in [0.2, 0.25) is 5.02 Å². The Morgan fingerprint density at radius 2 is 2.29 bits per heavy atom. The van der Waals surface area contributed by atoms with Gasteiger partial charge in [-0.05, 0) is 43.0 Å². The van der Waals surface area contributed by atoms with Crippen LogP contribution in [-0.4, -0.2) is 35.1 Å². The highest BCUT2D eigenvalue weighted by molar-refractivity contribution is 7.20. The average Bonchev–Trinajstić information content (AvgIpc) is 3.33. The van der Waals surface area contributed by atoms with Crippen molar-refractivity contribution in [1.82, 2.24) is 15.3 Å². The molecule has 2 aromatic heterocycles. The van der Waals surface area contributed by atoms with Crippen LogP contribution >= 0.6 is 22.9 Å². The Bertz CT molecular complexity index is 1000. The van der Waals surface area contributed by atoms with Gasteiger partial charge in [-0.2, -0.15) is 0 Å². The number of aryl methyl sites for hydroxylation is 1. The van der Waals surface area contributed by atoms with Gasteiger partial charge in [-0.1, -0.05) is 23.7 Å². The summed E-state index contributed by atoms with van der Waals surface area (Å²) in [6.07, 6.45) is 3.90. The van der Waals surface area contributed by atoms with Gasteiger partial charge in [0.2, 0.25) is 0 Å². The number of aromatic nitrogens is 2. The number of benzene rings is 1. The molecule has 0 bridgehead atoms. The summed E-state index contributed by atoms with van der Waals surface area (Å²) >= 11 is 7.39. The van der Waals surface area contributed by atoms with Crippen molar-refractivity contribution in [2.24, 2.45) is 0 Å². The lowest BCUT2D eigenvalue weighted by Crippen LogP contribution is -2.22. The molecule has 0 unspecified atom stereocenters. The maximum atomic E-state index is 12.7. The molecule has 146 valence electrons. The molecular formula is C20H21ClN4O2S. The molecule has 1 aliphatic heterocycles. The number of anilines is 1. The van der Waals surface area contributed by atoms with Crippen LogP contribution in [0.15, 0.2) is 30.6 Å². The van der Waals surface area contributed by atoms with Gasteiger partial charge in [0.25, 0.3) is 5.91 Å². The third kappa shape index (κ3) is 4.11. The van der Waals surface area contributed by atoms with Crippen LogP contribution in [0.25, 0.3) is 10.2 Å². The predicted molar refractivity (Wildman–Crippen MR) is 112 cm³/mol. The van der Waals surface area contributed by atoms with Gasteiger partial charge in [-0.25, -0.2) is 9.97 Å². The number of rotatable bonds is 6. The number of carbonyl (C=O) groups excluding carboxylic acids is 1. The van der Waals surface area contributed by atoms with Crippen LogP contribution in [0.5, 0.6) is 0 Å². The minimum atomic E-state index is -0.120. The van der Waals surface area contributed by atoms with Gasteiger partial charge in [-0.15, -0.1) is 11.3 Å². The van der Waals surface area contributed by atoms with Crippen LogP contribution in [0.1, 0.15) is 33.6 Å². The molecule has 0 saturated carbocycles. The van der Waals surface area contributed by atoms with Crippen LogP contribution in [0, 0.1) is 6.92 Å². The number of carbonyl (C=O) groups is 1. The summed E-state index contributed by atoms with van der Waals surface area (Å²) in [5.74, 6) is 0.633. The molecule has 1 aromatic carbocycles. The topological polar surface area (TPSA) is 76.1 Å². The van der Waals surface area contributed by atoms with E-state index in [0.29, 0.717) is 23.0 Å². The number of thiophene rings is 1. The Morgan fingerprint density at radius 1 is 1.39 bits per heavy atom. The summed E-state index contributed by atoms with van der Waals surface area (Å²) in [5.41, 5.74) is 1.84. The Kier molecular flexibility index (Phi) is 5.75. The van der Waals surface area contributed by atoms with Crippen molar-refractivity contribution in [1.29, 1.82) is 0 Å². The van der Waals surface area contributed by atoms with Crippen molar-refractivity contribution in [3.63, 3.8) is 0 Å². The molecular weight excluding hydrogens is 396 g/mol. The van der Waals surface area contributed by atoms with Gasteiger partial charge < -0.3 is 15.4 Å². The Morgan fingerprint density at radius 3 is 3.07 bits per heavy atom. The summed E-state index contributed by atoms with van der Waals surface area (Å²) in [4.78, 5) is 22.9. The molecule has 8 heteroatoms. The summed E-state index contributed by atoms with van der Waals surface area (Å²) in [6, 6.07) is 7.46. The number of hydrogen-bond acceptors (Lipinski definition) is 6. The van der Waals surface area contributed by atoms with Gasteiger partial charge in [-0.3, -0.25) is 4.79 Å². The zero-order chi connectivity index (χ0) is 19.5. The van der Waals surface area contributed by atoms with E-state index in [-0.39, 0.29) is 12.0 Å². The van der Waals surface area contributed by atoms with Crippen molar-refractivity contribution < 1.29 is 9.53 Å². The molecule has 3 heterocycles. The summed E-state index contributed by atoms with van der Waals surface area (Å²) in [6.45, 7) is 3.88. The van der Waals surface area contributed by atoms with E-state index >= 15 is 0 Å². The number of ether oxygens (including phenoxy) is 1. The highest BCUT2D eigenvalue weighted by atomic mass is 35.5. The zero-order valence-corrected chi connectivity index (χ0v) is 17.1. The highest BCUT2D eigenvalue weighted by Gasteiger charge is 2.21. The number of hydrogen-bond donors (Lipinski definition) is 2. The van der Waals surface area contributed by atoms with Crippen LogP contribution < -0.4 is 10.6 Å². The first-order chi connectivity index (χ1) is 13.6. The molecule has 28 heavy (non-hydrogen) atoms. The van der Waals surface area contributed by atoms with Gasteiger partial charge >= 0.3 is 0 Å². The van der Waals surface area contributed by atoms with Gasteiger partial charge in [0.1, 0.15) is 17.0 Å². The first kappa shape index (κ1) is 19.1. The van der Waals surface area contributed by atoms with Crippen molar-refractivity contribution in [3.05, 3.63) is 51.6 Å². The standard InChI is InChI=1S/C20H21ClN4O2S/c1-12-16-18(22-10-15-6-3-7-27-15)24-11-25-20(16)28-17(12)19(26)23-9-13-4-2-5-14(21)8-13/h2,4-5,8,11,15H,3,6-7,9-10H2,1H3,(H,23,26)(H,22,24,25)/t15-/m0/s1. The number of nitrogens with zero attached hydrogens (tertiary/aromatic N) is 2. The lowest BCUT2D eigenvalue weighted by Gasteiger charge is -2.12. The monoisotopic (exact) mass is 416 g/mol. The van der Waals surface area contributed by atoms with E-state index in [1.807, 2.05) is 31.2 Å². The van der Waals surface area contributed by atoms with E-state index in [1.54, 1.807) is 0 Å². The van der Waals surface area contributed by atoms with E-state index in [9.17, 15) is 4.79 Å². The smallest absolute Gasteiger partial charge is 0.261 e. The van der Waals surface area contributed by atoms with Crippen molar-refractivity contribution in [2.75, 3.05) is 18.5 Å². The van der Waals surface area contributed by atoms with Crippen molar-refractivity contribution >= 4 is 44.9 Å². The fraction of sp³-hybridized carbons (Fsp3) is 0.350. The van der Waals surface area contributed by atoms with E-state index in [2.05, 4.69) is 20.6 Å². The van der Waals surface area contributed by atoms with Crippen molar-refractivity contribution in [3.8, 4) is 0 Å². The molecule has 1 atom stereocenters. The summed E-state index contributed by atoms with van der Waals surface area (Å²) in [5, 5.41) is 7.89. The molecule has 2 N–H and O–H groups in total. The Labute approximate surface area is 172 Å². The Hall–Kier alpha value is -2.22. The van der Waals surface area contributed by atoms with Crippen LogP contribution in [0.4, 0.5) is 5.82 Å². The van der Waals surface area contributed by atoms with Crippen LogP contribution in [0.3, 0.4) is 0 Å². The minimum Gasteiger partial charge on any atom is -0.376 e. The minimum absolute atomic E-state index is 0.120. The second kappa shape index (κ2) is 8.43. The number of amides is 1. The highest BCUT2D eigenvalue weighted by Crippen LogP contribution is 2.33. The molecule has 1 fully saturated rings. The quantitative estimate of drug-likeness (QED) is 0.630. The molecule has 4 rings (SSSR count). The lowest BCUT2D eigenvalue weighted by atomic mass is 10.2. The Balaban J connectivity index is 1.51. The maximum absolute atomic E-state index is 12.7. The first-order valence-electron chi connectivity index (χ1n) is 9.24. The second-order valence-electron chi connectivity index (χ2n) is 6.79. The third-order valence-electron chi connectivity index (χ3n) is 4.80. The fourth-order valence-corrected chi connectivity index (χ4v) is 4.63. The molecule has 0 aliphatic carbocycles. The van der Waals surface area contributed by atoms with E-state index in [1.165, 1.54) is 17.7 Å². The number of fused-ring (bicyclic) bond motifs is 1. The van der Waals surface area contributed by atoms with Crippen LogP contribution in [-0.2, 0) is 11.3 Å². The SMILES string of the molecule is Cc1c(C(=O)NCc2cccc(Cl)c2)sc2ncnc(NC[C@@H]3CCCO3)c12. The average molecular weight is 417 g/mol. The molecule has 1 aliphatic rings. The first-order valence-corrected chi connectivity index (χ1v) is 10.4. The molecule has 0 spiro atoms. The molecule has 1 saturated heterocycles. The van der Waals surface area contributed by atoms with Gasteiger partial charge in [0.05, 0.1) is 16.4 Å². The molecule has 3 aromatic rings. The lowest BCUT2D eigenvalue weighted by molar-refractivity contribution is 0.0954. The molecule has 6 nitrogen and oxygen atoms in total. The number of halogens is 1. The fourth-order valence-electron chi connectivity index (χ4n) is 3.35. The van der Waals surface area contributed by atoms with E-state index < -0.39 is 0 Å². The summed E-state index contributed by atoms with van der Waals surface area (Å²) < 4.78 is 5.67. The summed E-state index contributed by atoms with van der Waals surface area (Å²) in [7, 11) is 0. The molecule has 0 radical (unpaired) electrons. The predicted octanol–water partition coefficient (Wildman–Crippen LogP) is 4.17. The zero-order valence-electron chi connectivity index (χ0n) is 15.5. The largest absolute Gasteiger partial charge is 0.376 e. The third-order valence-corrected chi connectivity index (χ3v) is 6.23. The van der Waals surface area contributed by atoms with Gasteiger partial charge in [0, 0.05) is 24.7 Å². The van der Waals surface area contributed by atoms with Gasteiger partial charge in [0.15, 0.2) is 0 Å². The maximum Gasteiger partial charge on any atom is 0.261 e.